The summed E-state index contributed by atoms with van der Waals surface area (Å²) in [5.41, 5.74) is 0. The maximum Gasteiger partial charge on any atom is 2.00 e. The Bertz CT molecular complexity index is 234. The molecule has 1 nitrogen and oxygen atoms in total. The average Bonchev–Trinajstić information content (AvgIpc) is 2.19. The van der Waals surface area contributed by atoms with Crippen LogP contribution in [-0.4, -0.2) is 27.3 Å². The predicted octanol–water partition coefficient (Wildman–Crippen LogP) is 2.83. The number of rotatable bonds is 2. The molecular weight excluding hydrogens is 204 g/mol. The first kappa shape index (κ1) is 16.6. The van der Waals surface area contributed by atoms with Gasteiger partial charge in [-0.15, -0.1) is 10.8 Å². The van der Waals surface area contributed by atoms with Gasteiger partial charge in [-0.3, -0.25) is 4.21 Å². The van der Waals surface area contributed by atoms with Crippen molar-refractivity contribution in [2.45, 2.75) is 25.2 Å². The normalized spacial score (nSPS) is 10.5. The van der Waals surface area contributed by atoms with Crippen molar-refractivity contribution in [1.82, 2.24) is 0 Å². The smallest absolute Gasteiger partial charge is 0.332 e. The summed E-state index contributed by atoms with van der Waals surface area (Å²) >= 11 is 0. The van der Waals surface area contributed by atoms with Crippen molar-refractivity contribution in [3.63, 3.8) is 0 Å². The molecule has 1 aromatic rings. The molecule has 0 saturated heterocycles. The molecule has 74 valence electrons. The van der Waals surface area contributed by atoms with Crippen LogP contribution in [0.15, 0.2) is 35.2 Å². The van der Waals surface area contributed by atoms with E-state index in [-0.39, 0.29) is 23.1 Å². The molecule has 14 heavy (non-hydrogen) atoms. The van der Waals surface area contributed by atoms with Crippen LogP contribution in [0.25, 0.3) is 0 Å². The van der Waals surface area contributed by atoms with Gasteiger partial charge in [0.1, 0.15) is 0 Å². The van der Waals surface area contributed by atoms with E-state index < -0.39 is 10.8 Å². The maximum atomic E-state index is 10.6. The summed E-state index contributed by atoms with van der Waals surface area (Å²) in [5, 5.41) is 0. The fourth-order valence-corrected chi connectivity index (χ4v) is 1.03. The molecule has 0 fully saturated rings. The zero-order valence-electron chi connectivity index (χ0n) is 8.90. The zero-order chi connectivity index (χ0) is 10.1. The van der Waals surface area contributed by atoms with Gasteiger partial charge in [0.25, 0.3) is 0 Å². The molecule has 0 saturated carbocycles. The third-order valence-electron chi connectivity index (χ3n) is 1.41. The molecule has 0 bridgehead atoms. The van der Waals surface area contributed by atoms with Crippen molar-refractivity contribution >= 4 is 33.9 Å². The third-order valence-corrected chi connectivity index (χ3v) is 2.21. The van der Waals surface area contributed by atoms with Gasteiger partial charge in [-0.2, -0.15) is 13.3 Å². The van der Waals surface area contributed by atoms with Crippen molar-refractivity contribution in [1.29, 1.82) is 0 Å². The van der Waals surface area contributed by atoms with Gasteiger partial charge in [-0.05, 0) is 12.1 Å². The van der Waals surface area contributed by atoms with Crippen LogP contribution in [0.1, 0.15) is 20.3 Å². The van der Waals surface area contributed by atoms with Crippen molar-refractivity contribution in [3.8, 4) is 0 Å². The number of hydrogen-bond acceptors (Lipinski definition) is 1. The predicted molar refractivity (Wildman–Crippen MR) is 64.2 cm³/mol. The molecule has 1 atom stereocenters. The monoisotopic (exact) mass is 220 g/mol. The fourth-order valence-electron chi connectivity index (χ4n) is 0.572. The van der Waals surface area contributed by atoms with E-state index in [0.717, 1.165) is 4.90 Å². The Morgan fingerprint density at radius 1 is 1.36 bits per heavy atom. The van der Waals surface area contributed by atoms with Crippen molar-refractivity contribution in [3.05, 3.63) is 43.0 Å². The molecule has 1 rings (SSSR count). The maximum absolute atomic E-state index is 10.6. The van der Waals surface area contributed by atoms with E-state index in [0.29, 0.717) is 0 Å². The largest absolute Gasteiger partial charge is 2.00 e. The van der Waals surface area contributed by atoms with E-state index in [4.69, 9.17) is 0 Å². The summed E-state index contributed by atoms with van der Waals surface area (Å²) in [5.74, 6) is 0. The standard InChI is InChI=1S/C7H7OS.C4H9.Mg/c1-9(8)7-5-3-2-4-6-7;1-3-4-2;/h2-6H,1H2;3H,4H2,1-2H3;/q2*-1;+2. The van der Waals surface area contributed by atoms with Crippen LogP contribution >= 0.6 is 0 Å². The molecule has 0 aliphatic carbocycles. The summed E-state index contributed by atoms with van der Waals surface area (Å²) < 4.78 is 10.6. The van der Waals surface area contributed by atoms with Gasteiger partial charge < -0.3 is 6.42 Å². The van der Waals surface area contributed by atoms with Crippen LogP contribution in [0.4, 0.5) is 0 Å². The topological polar surface area (TPSA) is 17.1 Å². The van der Waals surface area contributed by atoms with E-state index in [1.807, 2.05) is 18.2 Å². The quantitative estimate of drug-likeness (QED) is 0.553. The summed E-state index contributed by atoms with van der Waals surface area (Å²) in [6, 6.07) is 9.17. The molecular formula is C11H16MgOS. The average molecular weight is 221 g/mol. The SMILES string of the molecule is C[CH-]CC.[CH2-]S(=O)c1ccccc1.[Mg+2]. The van der Waals surface area contributed by atoms with Crippen molar-refractivity contribution in [2.75, 3.05) is 0 Å². The Hall–Kier alpha value is 0.136. The molecule has 0 aliphatic rings. The molecule has 0 amide bonds. The first-order valence-corrected chi connectivity index (χ1v) is 5.58. The van der Waals surface area contributed by atoms with Crippen LogP contribution in [0.2, 0.25) is 0 Å². The minimum atomic E-state index is -1.08. The van der Waals surface area contributed by atoms with E-state index in [1.165, 1.54) is 6.42 Å². The second-order valence-corrected chi connectivity index (χ2v) is 3.64. The molecule has 0 aromatic heterocycles. The van der Waals surface area contributed by atoms with E-state index in [2.05, 4.69) is 26.5 Å². The molecule has 0 N–H and O–H groups in total. The first-order chi connectivity index (χ1) is 6.22. The fraction of sp³-hybridized carbons (Fsp3) is 0.273. The van der Waals surface area contributed by atoms with Gasteiger partial charge >= 0.3 is 23.1 Å². The Kier molecular flexibility index (Phi) is 13.3. The number of hydrogen-bond donors (Lipinski definition) is 0. The number of unbranched alkanes of at least 4 members (excludes halogenated alkanes) is 1. The van der Waals surface area contributed by atoms with E-state index in [1.54, 1.807) is 12.1 Å². The molecule has 1 unspecified atom stereocenters. The van der Waals surface area contributed by atoms with E-state index >= 15 is 0 Å². The van der Waals surface area contributed by atoms with Crippen molar-refractivity contribution < 1.29 is 4.21 Å². The first-order valence-electron chi connectivity index (χ1n) is 4.26. The van der Waals surface area contributed by atoms with Gasteiger partial charge in [0, 0.05) is 4.90 Å². The summed E-state index contributed by atoms with van der Waals surface area (Å²) in [4.78, 5) is 0.775. The minimum absolute atomic E-state index is 0. The molecule has 0 spiro atoms. The summed E-state index contributed by atoms with van der Waals surface area (Å²) in [7, 11) is -1.08. The van der Waals surface area contributed by atoms with Gasteiger partial charge in [-0.25, -0.2) is 6.26 Å². The molecule has 0 heterocycles. The van der Waals surface area contributed by atoms with Crippen LogP contribution in [-0.2, 0) is 10.8 Å². The van der Waals surface area contributed by atoms with Crippen molar-refractivity contribution in [2.24, 2.45) is 0 Å². The number of benzene rings is 1. The van der Waals surface area contributed by atoms with Crippen LogP contribution < -0.4 is 0 Å². The van der Waals surface area contributed by atoms with E-state index in [9.17, 15) is 4.21 Å². The second kappa shape index (κ2) is 11.2. The molecule has 0 radical (unpaired) electrons. The Labute approximate surface area is 106 Å². The van der Waals surface area contributed by atoms with Crippen LogP contribution in [0.3, 0.4) is 0 Å². The van der Waals surface area contributed by atoms with Crippen LogP contribution in [0.5, 0.6) is 0 Å². The van der Waals surface area contributed by atoms with Gasteiger partial charge in [-0.1, -0.05) is 25.1 Å². The molecule has 1 aromatic carbocycles. The Morgan fingerprint density at radius 3 is 2.00 bits per heavy atom. The Morgan fingerprint density at radius 2 is 1.79 bits per heavy atom. The van der Waals surface area contributed by atoms with Gasteiger partial charge in [0.05, 0.1) is 0 Å². The third kappa shape index (κ3) is 8.72. The second-order valence-electron chi connectivity index (χ2n) is 2.48. The summed E-state index contributed by atoms with van der Waals surface area (Å²) in [6.45, 7) is 4.18. The van der Waals surface area contributed by atoms with Crippen LogP contribution in [0, 0.1) is 12.7 Å². The summed E-state index contributed by atoms with van der Waals surface area (Å²) in [6.07, 6.45) is 6.70. The van der Waals surface area contributed by atoms with Gasteiger partial charge in [0.2, 0.25) is 0 Å². The zero-order valence-corrected chi connectivity index (χ0v) is 11.1. The minimum Gasteiger partial charge on any atom is -0.332 e. The molecule has 0 aliphatic heterocycles. The van der Waals surface area contributed by atoms with Gasteiger partial charge in [0.15, 0.2) is 0 Å². The Balaban J connectivity index is 0. The molecule has 3 heteroatoms.